The average molecular weight is 478 g/mol. The minimum absolute atomic E-state index is 0.120. The van der Waals surface area contributed by atoms with Crippen molar-refractivity contribution >= 4 is 26.0 Å². The predicted molar refractivity (Wildman–Crippen MR) is 115 cm³/mol. The van der Waals surface area contributed by atoms with Crippen molar-refractivity contribution in [1.82, 2.24) is 9.21 Å². The van der Waals surface area contributed by atoms with Crippen LogP contribution in [0.1, 0.15) is 23.1 Å². The van der Waals surface area contributed by atoms with Crippen molar-refractivity contribution in [1.29, 1.82) is 5.26 Å². The fraction of sp³-hybridized carbons (Fsp3) is 0.381. The fourth-order valence-corrected chi connectivity index (χ4v) is 6.13. The van der Waals surface area contributed by atoms with Crippen LogP contribution in [0.3, 0.4) is 0 Å². The molecule has 0 amide bonds. The summed E-state index contributed by atoms with van der Waals surface area (Å²) in [6, 6.07) is 10.7. The molecule has 1 fully saturated rings. The molecule has 0 aliphatic carbocycles. The molecule has 1 aliphatic rings. The van der Waals surface area contributed by atoms with Gasteiger partial charge in [0.2, 0.25) is 10.0 Å². The van der Waals surface area contributed by atoms with Gasteiger partial charge in [-0.25, -0.2) is 8.42 Å². The number of hydrogen-bond donors (Lipinski definition) is 0. The second kappa shape index (κ2) is 8.74. The second-order valence-corrected chi connectivity index (χ2v) is 10.1. The first kappa shape index (κ1) is 21.6. The quantitative estimate of drug-likeness (QED) is 0.591. The number of halogens is 1. The van der Waals surface area contributed by atoms with E-state index in [1.54, 1.807) is 23.1 Å². The number of benzene rings is 2. The lowest BCUT2D eigenvalue weighted by Crippen LogP contribution is -2.41. The largest absolute Gasteiger partial charge is 0.495 e. The molecule has 1 heterocycles. The Hall–Kier alpha value is -2.08. The molecule has 0 spiro atoms. The Labute approximate surface area is 180 Å². The molecule has 1 atom stereocenters. The number of hydrogen-bond acceptors (Lipinski definition) is 5. The highest BCUT2D eigenvalue weighted by atomic mass is 79.9. The van der Waals surface area contributed by atoms with Crippen molar-refractivity contribution in [2.45, 2.75) is 37.8 Å². The number of rotatable bonds is 6. The number of nitrogens with zero attached hydrogens (tertiary/aromatic N) is 3. The highest BCUT2D eigenvalue weighted by Gasteiger charge is 2.37. The smallest absolute Gasteiger partial charge is 0.247 e. The van der Waals surface area contributed by atoms with E-state index in [1.165, 1.54) is 11.4 Å². The number of methoxy groups -OCH3 is 1. The van der Waals surface area contributed by atoms with Crippen molar-refractivity contribution in [3.8, 4) is 11.9 Å². The van der Waals surface area contributed by atoms with Crippen LogP contribution < -0.4 is 4.74 Å². The molecule has 0 radical (unpaired) electrons. The number of ether oxygens (including phenoxy) is 1. The zero-order valence-corrected chi connectivity index (χ0v) is 19.1. The van der Waals surface area contributed by atoms with Crippen molar-refractivity contribution in [2.24, 2.45) is 0 Å². The highest BCUT2D eigenvalue weighted by molar-refractivity contribution is 9.10. The lowest BCUT2D eigenvalue weighted by atomic mass is 10.1. The van der Waals surface area contributed by atoms with E-state index in [0.29, 0.717) is 29.7 Å². The van der Waals surface area contributed by atoms with Crippen LogP contribution in [-0.4, -0.2) is 43.9 Å². The zero-order chi connectivity index (χ0) is 21.2. The Balaban J connectivity index is 2.07. The van der Waals surface area contributed by atoms with Gasteiger partial charge >= 0.3 is 0 Å². The minimum atomic E-state index is -3.86. The third-order valence-corrected chi connectivity index (χ3v) is 7.46. The van der Waals surface area contributed by atoms with Gasteiger partial charge in [0.05, 0.1) is 7.11 Å². The molecule has 0 aromatic heterocycles. The highest BCUT2D eigenvalue weighted by Crippen LogP contribution is 2.33. The Morgan fingerprint density at radius 1 is 1.24 bits per heavy atom. The van der Waals surface area contributed by atoms with Crippen LogP contribution in [0.2, 0.25) is 0 Å². The minimum Gasteiger partial charge on any atom is -0.495 e. The summed E-state index contributed by atoms with van der Waals surface area (Å²) in [6.07, 6.45) is 2.74. The number of nitriles is 1. The molecular weight excluding hydrogens is 454 g/mol. The van der Waals surface area contributed by atoms with Crippen molar-refractivity contribution in [3.63, 3.8) is 0 Å². The topological polar surface area (TPSA) is 73.6 Å². The van der Waals surface area contributed by atoms with Gasteiger partial charge in [0.1, 0.15) is 10.6 Å². The van der Waals surface area contributed by atoms with Gasteiger partial charge in [0.15, 0.2) is 6.19 Å². The van der Waals surface area contributed by atoms with E-state index in [4.69, 9.17) is 4.74 Å². The molecule has 29 heavy (non-hydrogen) atoms. The van der Waals surface area contributed by atoms with Crippen molar-refractivity contribution in [3.05, 3.63) is 57.6 Å². The van der Waals surface area contributed by atoms with Crippen molar-refractivity contribution < 1.29 is 13.2 Å². The van der Waals surface area contributed by atoms with Gasteiger partial charge in [-0.3, -0.25) is 0 Å². The molecule has 3 rings (SSSR count). The third-order valence-electron chi connectivity index (χ3n) is 5.04. The standard InChI is InChI=1S/C21H24BrN3O3S/c1-15-8-16(2)10-17(9-15)12-25(19-6-7-24(13-19)14-23)29(26,27)21-11-18(22)4-5-20(21)28-3/h4-5,8-11,19H,6-7,12-13H2,1-3H3/t19-/m1/s1. The molecule has 0 unspecified atom stereocenters. The Morgan fingerprint density at radius 3 is 2.52 bits per heavy atom. The van der Waals surface area contributed by atoms with Gasteiger partial charge in [-0.2, -0.15) is 9.57 Å². The molecule has 1 saturated heterocycles. The van der Waals surface area contributed by atoms with Gasteiger partial charge < -0.3 is 9.64 Å². The van der Waals surface area contributed by atoms with Crippen LogP contribution in [0.5, 0.6) is 5.75 Å². The van der Waals surface area contributed by atoms with E-state index in [9.17, 15) is 13.7 Å². The maximum atomic E-state index is 13.7. The summed E-state index contributed by atoms with van der Waals surface area (Å²) in [6.45, 7) is 5.18. The summed E-state index contributed by atoms with van der Waals surface area (Å²) < 4.78 is 35.0. The summed E-state index contributed by atoms with van der Waals surface area (Å²) in [5.74, 6) is 0.300. The summed E-state index contributed by atoms with van der Waals surface area (Å²) in [5, 5.41) is 9.25. The Bertz CT molecular complexity index is 1030. The van der Waals surface area contributed by atoms with Crippen LogP contribution in [0.4, 0.5) is 0 Å². The maximum Gasteiger partial charge on any atom is 0.247 e. The van der Waals surface area contributed by atoms with E-state index in [-0.39, 0.29) is 17.5 Å². The molecule has 2 aromatic carbocycles. The SMILES string of the molecule is COc1ccc(Br)cc1S(=O)(=O)N(Cc1cc(C)cc(C)c1)[C@@H]1CCN(C#N)C1. The lowest BCUT2D eigenvalue weighted by Gasteiger charge is -2.29. The second-order valence-electron chi connectivity index (χ2n) is 7.33. The summed E-state index contributed by atoms with van der Waals surface area (Å²) in [5.41, 5.74) is 3.10. The summed E-state index contributed by atoms with van der Waals surface area (Å²) >= 11 is 3.37. The van der Waals surface area contributed by atoms with E-state index in [0.717, 1.165) is 16.7 Å². The maximum absolute atomic E-state index is 13.7. The number of aryl methyl sites for hydroxylation is 2. The molecule has 2 aromatic rings. The van der Waals surface area contributed by atoms with Gasteiger partial charge in [-0.15, -0.1) is 0 Å². The number of sulfonamides is 1. The average Bonchev–Trinajstić information content (AvgIpc) is 3.14. The molecule has 0 saturated carbocycles. The fourth-order valence-electron chi connectivity index (χ4n) is 3.80. The Morgan fingerprint density at radius 2 is 1.93 bits per heavy atom. The first-order valence-electron chi connectivity index (χ1n) is 9.32. The molecule has 1 aliphatic heterocycles. The normalized spacial score (nSPS) is 16.8. The van der Waals surface area contributed by atoms with Crippen LogP contribution in [0.15, 0.2) is 45.8 Å². The van der Waals surface area contributed by atoms with Gasteiger partial charge in [0.25, 0.3) is 0 Å². The molecule has 0 bridgehead atoms. The van der Waals surface area contributed by atoms with E-state index >= 15 is 0 Å². The van der Waals surface area contributed by atoms with Gasteiger partial charge in [-0.05, 0) is 44.0 Å². The van der Waals surface area contributed by atoms with Crippen LogP contribution in [0.25, 0.3) is 0 Å². The third kappa shape index (κ3) is 4.74. The van der Waals surface area contributed by atoms with Crippen LogP contribution >= 0.6 is 15.9 Å². The summed E-state index contributed by atoms with van der Waals surface area (Å²) in [4.78, 5) is 1.72. The number of likely N-dealkylation sites (tertiary alicyclic amines) is 1. The van der Waals surface area contributed by atoms with Crippen LogP contribution in [0, 0.1) is 25.3 Å². The molecule has 154 valence electrons. The van der Waals surface area contributed by atoms with Gasteiger partial charge in [-0.1, -0.05) is 45.3 Å². The van der Waals surface area contributed by atoms with Gasteiger partial charge in [0, 0.05) is 30.1 Å². The van der Waals surface area contributed by atoms with Crippen LogP contribution in [-0.2, 0) is 16.6 Å². The first-order chi connectivity index (χ1) is 13.7. The summed E-state index contributed by atoms with van der Waals surface area (Å²) in [7, 11) is -2.40. The van der Waals surface area contributed by atoms with E-state index < -0.39 is 10.0 Å². The predicted octanol–water partition coefficient (Wildman–Crippen LogP) is 3.82. The monoisotopic (exact) mass is 477 g/mol. The molecule has 6 nitrogen and oxygen atoms in total. The molecule has 0 N–H and O–H groups in total. The molecule has 8 heteroatoms. The lowest BCUT2D eigenvalue weighted by molar-refractivity contribution is 0.311. The van der Waals surface area contributed by atoms with E-state index in [1.807, 2.05) is 26.0 Å². The Kier molecular flexibility index (Phi) is 6.52. The first-order valence-corrected chi connectivity index (χ1v) is 11.5. The van der Waals surface area contributed by atoms with Crippen molar-refractivity contribution in [2.75, 3.05) is 20.2 Å². The van der Waals surface area contributed by atoms with E-state index in [2.05, 4.69) is 28.2 Å². The zero-order valence-electron chi connectivity index (χ0n) is 16.7. The molecular formula is C21H24BrN3O3S.